The van der Waals surface area contributed by atoms with Crippen LogP contribution in [-0.2, 0) is 6.54 Å². The number of ether oxygens (including phenoxy) is 1. The van der Waals surface area contributed by atoms with Gasteiger partial charge in [0, 0.05) is 12.2 Å². The molecule has 0 heterocycles. The molecule has 0 aliphatic rings. The Balaban J connectivity index is 1.82. The summed E-state index contributed by atoms with van der Waals surface area (Å²) in [5.41, 5.74) is 2.91. The Bertz CT molecular complexity index is 788. The lowest BCUT2D eigenvalue weighted by Crippen LogP contribution is -2.28. The largest absolute Gasteiger partial charge is 0.462 e. The van der Waals surface area contributed by atoms with Crippen molar-refractivity contribution in [3.8, 4) is 5.75 Å². The van der Waals surface area contributed by atoms with Gasteiger partial charge in [0.2, 0.25) is 0 Å². The van der Waals surface area contributed by atoms with Crippen molar-refractivity contribution in [1.82, 2.24) is 5.32 Å². The summed E-state index contributed by atoms with van der Waals surface area (Å²) < 4.78 is 5.71. The molecule has 0 aromatic heterocycles. The summed E-state index contributed by atoms with van der Waals surface area (Å²) in [6, 6.07) is 15.0. The standard InChI is InChI=1S/C22H24N2O2/c1-4-5-6-7-18(3)26-21-14-10-19(11-15-21)16-23-22(25)24-20-12-8-17(2)9-13-20/h4-15H,1,16H2,2-3H3,(H2,23,24,25)/b6-5-,18-7+. The second-order valence-corrected chi connectivity index (χ2v) is 5.82. The van der Waals surface area contributed by atoms with Crippen LogP contribution in [0.5, 0.6) is 5.75 Å². The Hall–Kier alpha value is -3.27. The van der Waals surface area contributed by atoms with Gasteiger partial charge in [-0.1, -0.05) is 54.6 Å². The van der Waals surface area contributed by atoms with E-state index in [1.165, 1.54) is 0 Å². The van der Waals surface area contributed by atoms with Crippen LogP contribution in [0, 0.1) is 6.92 Å². The third-order valence-corrected chi connectivity index (χ3v) is 3.54. The smallest absolute Gasteiger partial charge is 0.319 e. The Morgan fingerprint density at radius 2 is 1.77 bits per heavy atom. The predicted molar refractivity (Wildman–Crippen MR) is 107 cm³/mol. The van der Waals surface area contributed by atoms with Crippen molar-refractivity contribution < 1.29 is 9.53 Å². The van der Waals surface area contributed by atoms with E-state index in [9.17, 15) is 4.79 Å². The van der Waals surface area contributed by atoms with E-state index < -0.39 is 0 Å². The van der Waals surface area contributed by atoms with Gasteiger partial charge in [0.25, 0.3) is 0 Å². The van der Waals surface area contributed by atoms with Crippen LogP contribution in [-0.4, -0.2) is 6.03 Å². The number of carbonyl (C=O) groups is 1. The van der Waals surface area contributed by atoms with E-state index in [1.807, 2.05) is 80.6 Å². The van der Waals surface area contributed by atoms with Crippen LogP contribution in [0.3, 0.4) is 0 Å². The molecule has 2 rings (SSSR count). The molecule has 4 heteroatoms. The first-order valence-corrected chi connectivity index (χ1v) is 8.41. The Morgan fingerprint density at radius 3 is 2.42 bits per heavy atom. The highest BCUT2D eigenvalue weighted by Gasteiger charge is 2.02. The van der Waals surface area contributed by atoms with Crippen molar-refractivity contribution in [1.29, 1.82) is 0 Å². The number of urea groups is 1. The van der Waals surface area contributed by atoms with Gasteiger partial charge in [-0.05, 0) is 49.8 Å². The van der Waals surface area contributed by atoms with Crippen molar-refractivity contribution in [3.63, 3.8) is 0 Å². The second-order valence-electron chi connectivity index (χ2n) is 5.82. The summed E-state index contributed by atoms with van der Waals surface area (Å²) in [4.78, 5) is 11.9. The van der Waals surface area contributed by atoms with E-state index in [-0.39, 0.29) is 6.03 Å². The third-order valence-electron chi connectivity index (χ3n) is 3.54. The van der Waals surface area contributed by atoms with Crippen LogP contribution >= 0.6 is 0 Å². The van der Waals surface area contributed by atoms with Crippen LogP contribution < -0.4 is 15.4 Å². The first-order chi connectivity index (χ1) is 12.6. The van der Waals surface area contributed by atoms with Gasteiger partial charge in [-0.25, -0.2) is 4.79 Å². The molecule has 0 aliphatic heterocycles. The molecule has 134 valence electrons. The van der Waals surface area contributed by atoms with Crippen molar-refractivity contribution in [2.24, 2.45) is 0 Å². The fourth-order valence-corrected chi connectivity index (χ4v) is 2.16. The van der Waals surface area contributed by atoms with Crippen LogP contribution in [0.15, 0.2) is 85.2 Å². The Kier molecular flexibility index (Phi) is 7.25. The zero-order valence-corrected chi connectivity index (χ0v) is 15.2. The number of rotatable bonds is 7. The number of nitrogens with one attached hydrogen (secondary N) is 2. The van der Waals surface area contributed by atoms with Crippen molar-refractivity contribution >= 4 is 11.7 Å². The van der Waals surface area contributed by atoms with Crippen molar-refractivity contribution in [3.05, 3.63) is 96.3 Å². The van der Waals surface area contributed by atoms with E-state index in [2.05, 4.69) is 17.2 Å². The molecule has 2 aromatic rings. The van der Waals surface area contributed by atoms with Crippen LogP contribution in [0.1, 0.15) is 18.1 Å². The maximum absolute atomic E-state index is 11.9. The van der Waals surface area contributed by atoms with Gasteiger partial charge in [-0.15, -0.1) is 0 Å². The summed E-state index contributed by atoms with van der Waals surface area (Å²) in [6.45, 7) is 7.95. The minimum atomic E-state index is -0.234. The summed E-state index contributed by atoms with van der Waals surface area (Å²) >= 11 is 0. The molecule has 0 aliphatic carbocycles. The van der Waals surface area contributed by atoms with E-state index in [4.69, 9.17) is 4.74 Å². The molecular formula is C22H24N2O2. The fraction of sp³-hybridized carbons (Fsp3) is 0.136. The first-order valence-electron chi connectivity index (χ1n) is 8.41. The monoisotopic (exact) mass is 348 g/mol. The number of hydrogen-bond donors (Lipinski definition) is 2. The van der Waals surface area contributed by atoms with Gasteiger partial charge in [-0.3, -0.25) is 0 Å². The molecule has 0 spiro atoms. The molecule has 2 N–H and O–H groups in total. The number of anilines is 1. The molecular weight excluding hydrogens is 324 g/mol. The molecule has 0 unspecified atom stereocenters. The van der Waals surface area contributed by atoms with Crippen molar-refractivity contribution in [2.45, 2.75) is 20.4 Å². The quantitative estimate of drug-likeness (QED) is 0.524. The Morgan fingerprint density at radius 1 is 1.08 bits per heavy atom. The average molecular weight is 348 g/mol. The van der Waals surface area contributed by atoms with Crippen molar-refractivity contribution in [2.75, 3.05) is 5.32 Å². The lowest BCUT2D eigenvalue weighted by atomic mass is 10.2. The zero-order valence-electron chi connectivity index (χ0n) is 15.2. The lowest BCUT2D eigenvalue weighted by molar-refractivity contribution is 0.251. The Labute approximate surface area is 154 Å². The number of hydrogen-bond acceptors (Lipinski definition) is 2. The highest BCUT2D eigenvalue weighted by atomic mass is 16.5. The summed E-state index contributed by atoms with van der Waals surface area (Å²) in [5.74, 6) is 1.53. The maximum Gasteiger partial charge on any atom is 0.319 e. The topological polar surface area (TPSA) is 50.4 Å². The summed E-state index contributed by atoms with van der Waals surface area (Å²) in [5, 5.41) is 5.64. The van der Waals surface area contributed by atoms with Crippen LogP contribution in [0.4, 0.5) is 10.5 Å². The molecule has 0 radical (unpaired) electrons. The molecule has 0 saturated carbocycles. The minimum Gasteiger partial charge on any atom is -0.462 e. The molecule has 2 amide bonds. The van der Waals surface area contributed by atoms with Gasteiger partial charge in [0.05, 0.1) is 0 Å². The van der Waals surface area contributed by atoms with E-state index in [0.29, 0.717) is 6.54 Å². The molecule has 0 fully saturated rings. The van der Waals surface area contributed by atoms with E-state index in [0.717, 1.165) is 28.3 Å². The maximum atomic E-state index is 11.9. The van der Waals surface area contributed by atoms with Crippen LogP contribution in [0.2, 0.25) is 0 Å². The molecule has 4 nitrogen and oxygen atoms in total. The van der Waals surface area contributed by atoms with Gasteiger partial charge >= 0.3 is 6.03 Å². The molecule has 2 aromatic carbocycles. The highest BCUT2D eigenvalue weighted by molar-refractivity contribution is 5.89. The lowest BCUT2D eigenvalue weighted by Gasteiger charge is -2.09. The molecule has 26 heavy (non-hydrogen) atoms. The SMILES string of the molecule is C=C/C=C\C=C(/C)Oc1ccc(CNC(=O)Nc2ccc(C)cc2)cc1. The molecule has 0 saturated heterocycles. The second kappa shape index (κ2) is 9.89. The molecule has 0 atom stereocenters. The third kappa shape index (κ3) is 6.69. The summed E-state index contributed by atoms with van der Waals surface area (Å²) in [6.07, 6.45) is 7.28. The highest BCUT2D eigenvalue weighted by Crippen LogP contribution is 2.15. The number of carbonyl (C=O) groups excluding carboxylic acids is 1. The van der Waals surface area contributed by atoms with Gasteiger partial charge in [0.15, 0.2) is 0 Å². The fourth-order valence-electron chi connectivity index (χ4n) is 2.16. The predicted octanol–water partition coefficient (Wildman–Crippen LogP) is 5.34. The van der Waals surface area contributed by atoms with E-state index in [1.54, 1.807) is 6.08 Å². The average Bonchev–Trinajstić information content (AvgIpc) is 2.63. The number of aryl methyl sites for hydroxylation is 1. The normalized spacial score (nSPS) is 11.2. The number of benzene rings is 2. The number of amides is 2. The summed E-state index contributed by atoms with van der Waals surface area (Å²) in [7, 11) is 0. The van der Waals surface area contributed by atoms with Gasteiger partial charge in [-0.2, -0.15) is 0 Å². The van der Waals surface area contributed by atoms with Gasteiger partial charge in [0.1, 0.15) is 11.5 Å². The van der Waals surface area contributed by atoms with E-state index >= 15 is 0 Å². The number of allylic oxidation sites excluding steroid dienone is 5. The van der Waals surface area contributed by atoms with Crippen LogP contribution in [0.25, 0.3) is 0 Å². The first kappa shape index (κ1) is 19.1. The minimum absolute atomic E-state index is 0.234. The van der Waals surface area contributed by atoms with Gasteiger partial charge < -0.3 is 15.4 Å². The zero-order chi connectivity index (χ0) is 18.8. The molecule has 0 bridgehead atoms.